The second-order valence-corrected chi connectivity index (χ2v) is 3.25. The van der Waals surface area contributed by atoms with E-state index in [0.717, 1.165) is 6.42 Å². The summed E-state index contributed by atoms with van der Waals surface area (Å²) in [5.74, 6) is -0.480. The molecule has 0 aliphatic rings. The van der Waals surface area contributed by atoms with Gasteiger partial charge in [0.15, 0.2) is 0 Å². The lowest BCUT2D eigenvalue weighted by molar-refractivity contribution is -0.142. The molecule has 82 valence electrons. The van der Waals surface area contributed by atoms with Gasteiger partial charge in [-0.15, -0.1) is 0 Å². The second kappa shape index (κ2) is 7.53. The number of unbranched alkanes of at least 4 members (excludes halogenated alkanes) is 1. The van der Waals surface area contributed by atoms with Crippen LogP contribution in [0.3, 0.4) is 0 Å². The van der Waals surface area contributed by atoms with E-state index in [4.69, 9.17) is 9.84 Å². The van der Waals surface area contributed by atoms with Crippen molar-refractivity contribution in [2.75, 3.05) is 13.2 Å². The van der Waals surface area contributed by atoms with Crippen molar-refractivity contribution in [2.24, 2.45) is 0 Å². The van der Waals surface area contributed by atoms with E-state index in [0.29, 0.717) is 18.4 Å². The number of hydrogen-bond acceptors (Lipinski definition) is 4. The summed E-state index contributed by atoms with van der Waals surface area (Å²) in [6.45, 7) is 5.10. The summed E-state index contributed by atoms with van der Waals surface area (Å²) in [4.78, 5) is 10.9. The number of rotatable bonds is 7. The molecule has 4 nitrogen and oxygen atoms in total. The van der Waals surface area contributed by atoms with E-state index in [2.05, 4.69) is 6.58 Å². The molecule has 0 aromatic heterocycles. The molecule has 0 rings (SSSR count). The molecule has 0 amide bonds. The van der Waals surface area contributed by atoms with Crippen molar-refractivity contribution in [3.63, 3.8) is 0 Å². The van der Waals surface area contributed by atoms with Crippen molar-refractivity contribution in [2.45, 2.75) is 32.3 Å². The Morgan fingerprint density at radius 2 is 2.14 bits per heavy atom. The lowest BCUT2D eigenvalue weighted by Gasteiger charge is -2.10. The van der Waals surface area contributed by atoms with Crippen LogP contribution in [0.15, 0.2) is 12.2 Å². The average Bonchev–Trinajstić information content (AvgIpc) is 2.14. The molecule has 1 atom stereocenters. The molecule has 2 N–H and O–H groups in total. The minimum absolute atomic E-state index is 0.00286. The molecule has 0 spiro atoms. The van der Waals surface area contributed by atoms with Crippen molar-refractivity contribution >= 4 is 5.97 Å². The smallest absolute Gasteiger partial charge is 0.333 e. The van der Waals surface area contributed by atoms with Crippen molar-refractivity contribution < 1.29 is 19.7 Å². The third-order valence-electron chi connectivity index (χ3n) is 1.70. The molecule has 1 unspecified atom stereocenters. The first-order valence-corrected chi connectivity index (χ1v) is 4.69. The van der Waals surface area contributed by atoms with E-state index in [-0.39, 0.29) is 13.2 Å². The van der Waals surface area contributed by atoms with Crippen molar-refractivity contribution in [1.29, 1.82) is 0 Å². The molecule has 0 fully saturated rings. The van der Waals surface area contributed by atoms with Gasteiger partial charge in [-0.1, -0.05) is 6.58 Å². The lowest BCUT2D eigenvalue weighted by Crippen LogP contribution is -2.18. The number of aliphatic hydroxyl groups is 2. The predicted octanol–water partition coefficient (Wildman–Crippen LogP) is 0.629. The zero-order valence-corrected chi connectivity index (χ0v) is 8.53. The van der Waals surface area contributed by atoms with Gasteiger partial charge in [0, 0.05) is 12.2 Å². The quantitative estimate of drug-likeness (QED) is 0.361. The summed E-state index contributed by atoms with van der Waals surface area (Å²) in [6.07, 6.45) is 1.27. The molecule has 0 aromatic rings. The fourth-order valence-electron chi connectivity index (χ4n) is 0.870. The number of carbonyl (C=O) groups is 1. The Kier molecular flexibility index (Phi) is 7.06. The standard InChI is InChI=1S/C10H18O4/c1-8(2)10(13)14-7-9(12)5-3-4-6-11/h9,11-12H,1,3-7H2,2H3. The van der Waals surface area contributed by atoms with Gasteiger partial charge in [-0.3, -0.25) is 0 Å². The number of carbonyl (C=O) groups excluding carboxylic acids is 1. The maximum Gasteiger partial charge on any atom is 0.333 e. The number of aliphatic hydroxyl groups excluding tert-OH is 2. The van der Waals surface area contributed by atoms with E-state index in [1.165, 1.54) is 0 Å². The topological polar surface area (TPSA) is 66.8 Å². The van der Waals surface area contributed by atoms with Crippen LogP contribution < -0.4 is 0 Å². The van der Waals surface area contributed by atoms with Gasteiger partial charge in [-0.2, -0.15) is 0 Å². The lowest BCUT2D eigenvalue weighted by atomic mass is 10.2. The molecule has 0 radical (unpaired) electrons. The summed E-state index contributed by atoms with van der Waals surface area (Å²) in [6, 6.07) is 0. The minimum atomic E-state index is -0.648. The van der Waals surface area contributed by atoms with Gasteiger partial charge >= 0.3 is 5.97 Å². The van der Waals surface area contributed by atoms with Gasteiger partial charge in [-0.25, -0.2) is 4.79 Å². The second-order valence-electron chi connectivity index (χ2n) is 3.25. The number of esters is 1. The van der Waals surface area contributed by atoms with Gasteiger partial charge in [-0.05, 0) is 26.2 Å². The van der Waals surface area contributed by atoms with E-state index >= 15 is 0 Å². The fraction of sp³-hybridized carbons (Fsp3) is 0.700. The van der Waals surface area contributed by atoms with Gasteiger partial charge in [0.25, 0.3) is 0 Å². The average molecular weight is 202 g/mol. The van der Waals surface area contributed by atoms with Gasteiger partial charge in [0.2, 0.25) is 0 Å². The number of ether oxygens (including phenoxy) is 1. The Balaban J connectivity index is 3.48. The largest absolute Gasteiger partial charge is 0.460 e. The molecular weight excluding hydrogens is 184 g/mol. The van der Waals surface area contributed by atoms with E-state index in [9.17, 15) is 9.90 Å². The fourth-order valence-corrected chi connectivity index (χ4v) is 0.870. The summed E-state index contributed by atoms with van der Waals surface area (Å²) in [5, 5.41) is 17.8. The first kappa shape index (κ1) is 13.1. The van der Waals surface area contributed by atoms with E-state index in [1.54, 1.807) is 6.92 Å². The molecule has 14 heavy (non-hydrogen) atoms. The zero-order valence-electron chi connectivity index (χ0n) is 8.53. The van der Waals surface area contributed by atoms with Crippen LogP contribution in [0.2, 0.25) is 0 Å². The Labute approximate surface area is 84.2 Å². The highest BCUT2D eigenvalue weighted by Crippen LogP contribution is 2.02. The molecule has 4 heteroatoms. The van der Waals surface area contributed by atoms with E-state index < -0.39 is 12.1 Å². The van der Waals surface area contributed by atoms with Crippen LogP contribution in [0.4, 0.5) is 0 Å². The van der Waals surface area contributed by atoms with Crippen molar-refractivity contribution in [3.8, 4) is 0 Å². The SMILES string of the molecule is C=C(C)C(=O)OCC(O)CCCCO. The van der Waals surface area contributed by atoms with Gasteiger partial charge < -0.3 is 14.9 Å². The highest BCUT2D eigenvalue weighted by atomic mass is 16.5. The summed E-state index contributed by atoms with van der Waals surface area (Å²) < 4.78 is 4.74. The summed E-state index contributed by atoms with van der Waals surface area (Å²) >= 11 is 0. The highest BCUT2D eigenvalue weighted by Gasteiger charge is 2.08. The summed E-state index contributed by atoms with van der Waals surface area (Å²) in [7, 11) is 0. The Morgan fingerprint density at radius 3 is 2.64 bits per heavy atom. The third kappa shape index (κ3) is 6.62. The van der Waals surface area contributed by atoms with Crippen LogP contribution >= 0.6 is 0 Å². The van der Waals surface area contributed by atoms with Gasteiger partial charge in [0.1, 0.15) is 6.61 Å². The van der Waals surface area contributed by atoms with Gasteiger partial charge in [0.05, 0.1) is 6.10 Å². The Bertz CT molecular complexity index is 189. The molecular formula is C10H18O4. The molecule has 0 saturated carbocycles. The predicted molar refractivity (Wildman–Crippen MR) is 52.7 cm³/mol. The highest BCUT2D eigenvalue weighted by molar-refractivity contribution is 5.86. The van der Waals surface area contributed by atoms with Crippen LogP contribution in [0.25, 0.3) is 0 Å². The first-order valence-electron chi connectivity index (χ1n) is 4.69. The Morgan fingerprint density at radius 1 is 1.50 bits per heavy atom. The van der Waals surface area contributed by atoms with Crippen LogP contribution in [-0.2, 0) is 9.53 Å². The molecule has 0 aliphatic carbocycles. The Hall–Kier alpha value is -0.870. The molecule has 0 saturated heterocycles. The molecule has 0 aliphatic heterocycles. The van der Waals surface area contributed by atoms with Crippen molar-refractivity contribution in [1.82, 2.24) is 0 Å². The zero-order chi connectivity index (χ0) is 11.0. The van der Waals surface area contributed by atoms with Crippen LogP contribution in [0.5, 0.6) is 0 Å². The first-order chi connectivity index (χ1) is 6.57. The van der Waals surface area contributed by atoms with Crippen molar-refractivity contribution in [3.05, 3.63) is 12.2 Å². The van der Waals surface area contributed by atoms with Crippen LogP contribution in [0.1, 0.15) is 26.2 Å². The number of hydrogen-bond donors (Lipinski definition) is 2. The normalized spacial score (nSPS) is 12.2. The minimum Gasteiger partial charge on any atom is -0.460 e. The molecule has 0 heterocycles. The van der Waals surface area contributed by atoms with Crippen LogP contribution in [0, 0.1) is 0 Å². The van der Waals surface area contributed by atoms with Crippen LogP contribution in [-0.4, -0.2) is 35.5 Å². The maximum atomic E-state index is 10.9. The molecule has 0 bridgehead atoms. The monoisotopic (exact) mass is 202 g/mol. The summed E-state index contributed by atoms with van der Waals surface area (Å²) in [5.41, 5.74) is 0.326. The molecule has 0 aromatic carbocycles. The van der Waals surface area contributed by atoms with E-state index in [1.807, 2.05) is 0 Å². The maximum absolute atomic E-state index is 10.9. The third-order valence-corrected chi connectivity index (χ3v) is 1.70.